The first-order valence-electron chi connectivity index (χ1n) is 6.74. The third kappa shape index (κ3) is 4.69. The first-order chi connectivity index (χ1) is 10.1. The fourth-order valence-electron chi connectivity index (χ4n) is 2.03. The summed E-state index contributed by atoms with van der Waals surface area (Å²) in [4.78, 5) is 22.8. The van der Waals surface area contributed by atoms with E-state index in [0.29, 0.717) is 24.1 Å². The molecule has 0 bridgehead atoms. The Labute approximate surface area is 135 Å². The fraction of sp³-hybridized carbons (Fsp3) is 0.176. The van der Waals surface area contributed by atoms with Crippen LogP contribution in [0.3, 0.4) is 0 Å². The maximum Gasteiger partial charge on any atom is 0.303 e. The summed E-state index contributed by atoms with van der Waals surface area (Å²) in [5, 5.41) is 8.65. The number of aliphatic carboxylic acids is 1. The van der Waals surface area contributed by atoms with Crippen LogP contribution in [0.1, 0.15) is 33.5 Å². The van der Waals surface area contributed by atoms with Gasteiger partial charge in [-0.15, -0.1) is 12.4 Å². The Bertz CT molecular complexity index is 636. The van der Waals surface area contributed by atoms with Gasteiger partial charge in [0.1, 0.15) is 0 Å². The lowest BCUT2D eigenvalue weighted by molar-refractivity contribution is -0.136. The van der Waals surface area contributed by atoms with Gasteiger partial charge in [-0.1, -0.05) is 48.5 Å². The summed E-state index contributed by atoms with van der Waals surface area (Å²) < 4.78 is 0. The summed E-state index contributed by atoms with van der Waals surface area (Å²) in [6, 6.07) is 14.3. The number of rotatable bonds is 6. The monoisotopic (exact) mass is 319 g/mol. The molecule has 0 atom stereocenters. The molecule has 2 aromatic carbocycles. The molecule has 116 valence electrons. The van der Waals surface area contributed by atoms with Crippen molar-refractivity contribution in [2.75, 3.05) is 0 Å². The molecule has 0 spiro atoms. The number of carboxylic acids is 1. The Balaban J connectivity index is 0.00000242. The number of ketones is 1. The average Bonchev–Trinajstić information content (AvgIpc) is 2.53. The van der Waals surface area contributed by atoms with Gasteiger partial charge in [0.15, 0.2) is 5.78 Å². The van der Waals surface area contributed by atoms with E-state index in [9.17, 15) is 9.59 Å². The van der Waals surface area contributed by atoms with Crippen LogP contribution in [0, 0.1) is 0 Å². The molecule has 22 heavy (non-hydrogen) atoms. The van der Waals surface area contributed by atoms with Crippen molar-refractivity contribution in [2.45, 2.75) is 19.4 Å². The molecule has 0 aromatic heterocycles. The highest BCUT2D eigenvalue weighted by molar-refractivity contribution is 6.09. The van der Waals surface area contributed by atoms with E-state index >= 15 is 0 Å². The van der Waals surface area contributed by atoms with Crippen LogP contribution < -0.4 is 5.73 Å². The summed E-state index contributed by atoms with van der Waals surface area (Å²) in [5.74, 6) is -0.876. The van der Waals surface area contributed by atoms with E-state index in [-0.39, 0.29) is 24.6 Å². The molecule has 0 unspecified atom stereocenters. The highest BCUT2D eigenvalue weighted by atomic mass is 35.5. The van der Waals surface area contributed by atoms with Crippen LogP contribution in [0.25, 0.3) is 0 Å². The maximum absolute atomic E-state index is 12.3. The highest BCUT2D eigenvalue weighted by Crippen LogP contribution is 2.13. The first kappa shape index (κ1) is 17.9. The van der Waals surface area contributed by atoms with E-state index in [0.717, 1.165) is 11.1 Å². The topological polar surface area (TPSA) is 80.4 Å². The molecule has 0 saturated heterocycles. The van der Waals surface area contributed by atoms with Gasteiger partial charge in [0.05, 0.1) is 0 Å². The average molecular weight is 320 g/mol. The van der Waals surface area contributed by atoms with E-state index in [1.807, 2.05) is 12.1 Å². The minimum atomic E-state index is -0.824. The number of nitrogens with two attached hydrogens (primary N) is 1. The van der Waals surface area contributed by atoms with Crippen LogP contribution in [0.4, 0.5) is 0 Å². The van der Waals surface area contributed by atoms with E-state index in [4.69, 9.17) is 10.8 Å². The van der Waals surface area contributed by atoms with Crippen molar-refractivity contribution in [3.05, 3.63) is 70.8 Å². The van der Waals surface area contributed by atoms with Crippen molar-refractivity contribution in [1.29, 1.82) is 0 Å². The van der Waals surface area contributed by atoms with Gasteiger partial charge in [0.2, 0.25) is 0 Å². The Kier molecular flexibility index (Phi) is 6.76. The van der Waals surface area contributed by atoms with Crippen molar-refractivity contribution >= 4 is 24.2 Å². The SMILES string of the molecule is Cl.NCc1ccc(C(=O)c2ccc(CCC(=O)O)cc2)cc1. The van der Waals surface area contributed by atoms with Gasteiger partial charge in [-0.05, 0) is 17.5 Å². The summed E-state index contributed by atoms with van der Waals surface area (Å²) in [6.45, 7) is 0.451. The zero-order valence-electron chi connectivity index (χ0n) is 12.0. The van der Waals surface area contributed by atoms with Gasteiger partial charge >= 0.3 is 5.97 Å². The lowest BCUT2D eigenvalue weighted by Crippen LogP contribution is -2.03. The molecule has 2 aromatic rings. The molecule has 0 saturated carbocycles. The number of hydrogen-bond acceptors (Lipinski definition) is 3. The van der Waals surface area contributed by atoms with Gasteiger partial charge in [-0.25, -0.2) is 0 Å². The number of carbonyl (C=O) groups excluding carboxylic acids is 1. The van der Waals surface area contributed by atoms with E-state index in [2.05, 4.69) is 0 Å². The van der Waals surface area contributed by atoms with Gasteiger partial charge in [0, 0.05) is 24.1 Å². The highest BCUT2D eigenvalue weighted by Gasteiger charge is 2.09. The fourth-order valence-corrected chi connectivity index (χ4v) is 2.03. The first-order valence-corrected chi connectivity index (χ1v) is 6.74. The van der Waals surface area contributed by atoms with Crippen LogP contribution in [0.5, 0.6) is 0 Å². The Hall–Kier alpha value is -2.17. The predicted molar refractivity (Wildman–Crippen MR) is 87.4 cm³/mol. The molecule has 3 N–H and O–H groups in total. The lowest BCUT2D eigenvalue weighted by Gasteiger charge is -2.04. The van der Waals surface area contributed by atoms with Gasteiger partial charge in [0.25, 0.3) is 0 Å². The number of halogens is 1. The van der Waals surface area contributed by atoms with Crippen molar-refractivity contribution in [3.8, 4) is 0 Å². The normalized spacial score (nSPS) is 9.86. The second-order valence-electron chi connectivity index (χ2n) is 4.82. The summed E-state index contributed by atoms with van der Waals surface area (Å²) >= 11 is 0. The molecule has 2 rings (SSSR count). The molecule has 0 aliphatic carbocycles. The molecular formula is C17H18ClNO3. The Morgan fingerprint density at radius 2 is 1.32 bits per heavy atom. The second-order valence-corrected chi connectivity index (χ2v) is 4.82. The van der Waals surface area contributed by atoms with E-state index < -0.39 is 5.97 Å². The third-order valence-electron chi connectivity index (χ3n) is 3.30. The number of benzene rings is 2. The Morgan fingerprint density at radius 3 is 1.73 bits per heavy atom. The third-order valence-corrected chi connectivity index (χ3v) is 3.30. The van der Waals surface area contributed by atoms with E-state index in [1.165, 1.54) is 0 Å². The van der Waals surface area contributed by atoms with Crippen molar-refractivity contribution in [1.82, 2.24) is 0 Å². The zero-order valence-corrected chi connectivity index (χ0v) is 12.8. The molecule has 0 fully saturated rings. The molecule has 0 radical (unpaired) electrons. The number of hydrogen-bond donors (Lipinski definition) is 2. The molecule has 0 aliphatic heterocycles. The van der Waals surface area contributed by atoms with Gasteiger partial charge < -0.3 is 10.8 Å². The zero-order chi connectivity index (χ0) is 15.2. The molecule has 4 nitrogen and oxygen atoms in total. The summed E-state index contributed by atoms with van der Waals surface area (Å²) in [5.41, 5.74) is 8.63. The van der Waals surface area contributed by atoms with Crippen LogP contribution in [-0.2, 0) is 17.8 Å². The largest absolute Gasteiger partial charge is 0.481 e. The van der Waals surface area contributed by atoms with Crippen LogP contribution in [0.2, 0.25) is 0 Å². The van der Waals surface area contributed by atoms with Crippen LogP contribution in [-0.4, -0.2) is 16.9 Å². The number of aryl methyl sites for hydroxylation is 1. The van der Waals surface area contributed by atoms with Gasteiger partial charge in [-0.2, -0.15) is 0 Å². The minimum absolute atomic E-state index is 0. The second kappa shape index (κ2) is 8.32. The smallest absolute Gasteiger partial charge is 0.303 e. The summed E-state index contributed by atoms with van der Waals surface area (Å²) in [6.07, 6.45) is 0.558. The molecule has 5 heteroatoms. The van der Waals surface area contributed by atoms with Crippen LogP contribution in [0.15, 0.2) is 48.5 Å². The van der Waals surface area contributed by atoms with Crippen molar-refractivity contribution < 1.29 is 14.7 Å². The molecule has 0 heterocycles. The number of carbonyl (C=O) groups is 2. The Morgan fingerprint density at radius 1 is 0.864 bits per heavy atom. The maximum atomic E-state index is 12.3. The van der Waals surface area contributed by atoms with Crippen molar-refractivity contribution in [3.63, 3.8) is 0 Å². The van der Waals surface area contributed by atoms with E-state index in [1.54, 1.807) is 36.4 Å². The number of carboxylic acid groups (broad SMARTS) is 1. The minimum Gasteiger partial charge on any atom is -0.481 e. The molecule has 0 aliphatic rings. The molecular weight excluding hydrogens is 302 g/mol. The van der Waals surface area contributed by atoms with Crippen molar-refractivity contribution in [2.24, 2.45) is 5.73 Å². The lowest BCUT2D eigenvalue weighted by atomic mass is 10.00. The predicted octanol–water partition coefficient (Wildman–Crippen LogP) is 2.82. The molecule has 0 amide bonds. The quantitative estimate of drug-likeness (QED) is 0.802. The van der Waals surface area contributed by atoms with Gasteiger partial charge in [-0.3, -0.25) is 9.59 Å². The standard InChI is InChI=1S/C17H17NO3.ClH/c18-11-13-3-8-15(9-4-13)17(21)14-6-1-12(2-7-14)5-10-16(19)20;/h1-4,6-9H,5,10-11,18H2,(H,19,20);1H. The summed E-state index contributed by atoms with van der Waals surface area (Å²) in [7, 11) is 0. The van der Waals surface area contributed by atoms with Crippen LogP contribution >= 0.6 is 12.4 Å².